The second-order valence-corrected chi connectivity index (χ2v) is 8.91. The maximum Gasteiger partial charge on any atom is 0.223 e. The molecule has 1 amide bonds. The van der Waals surface area contributed by atoms with Gasteiger partial charge in [0.25, 0.3) is 0 Å². The number of para-hydroxylation sites is 2. The number of benzene rings is 2. The van der Waals surface area contributed by atoms with E-state index in [1.165, 1.54) is 49.6 Å². The van der Waals surface area contributed by atoms with Crippen molar-refractivity contribution in [3.05, 3.63) is 66.0 Å². The number of rotatable bonds is 10. The lowest BCUT2D eigenvalue weighted by Gasteiger charge is -2.25. The summed E-state index contributed by atoms with van der Waals surface area (Å²) in [6.45, 7) is 6.12. The van der Waals surface area contributed by atoms with Crippen LogP contribution >= 0.6 is 0 Å². The summed E-state index contributed by atoms with van der Waals surface area (Å²) in [5.74, 6) is 1.48. The van der Waals surface area contributed by atoms with Crippen molar-refractivity contribution in [3.63, 3.8) is 0 Å². The highest BCUT2D eigenvalue weighted by Crippen LogP contribution is 2.35. The monoisotopic (exact) mass is 417 g/mol. The third kappa shape index (κ3) is 4.84. The Labute approximate surface area is 186 Å². The molecule has 164 valence electrons. The first-order valence-electron chi connectivity index (χ1n) is 12.0. The molecule has 3 aromatic rings. The highest BCUT2D eigenvalue weighted by atomic mass is 16.2. The molecule has 4 nitrogen and oxygen atoms in total. The minimum Gasteiger partial charge on any atom is -0.335 e. The van der Waals surface area contributed by atoms with Crippen molar-refractivity contribution in [2.75, 3.05) is 6.54 Å². The lowest BCUT2D eigenvalue weighted by Crippen LogP contribution is -2.28. The van der Waals surface area contributed by atoms with E-state index >= 15 is 0 Å². The minimum absolute atomic E-state index is 0.0927. The number of hydrogen-bond acceptors (Lipinski definition) is 2. The van der Waals surface area contributed by atoms with Gasteiger partial charge in [0.15, 0.2) is 0 Å². The molecule has 4 rings (SSSR count). The Balaban J connectivity index is 1.51. The zero-order chi connectivity index (χ0) is 21.6. The van der Waals surface area contributed by atoms with Gasteiger partial charge in [-0.05, 0) is 31.0 Å². The summed E-state index contributed by atoms with van der Waals surface area (Å²) in [4.78, 5) is 20.0. The van der Waals surface area contributed by atoms with Crippen LogP contribution in [0.25, 0.3) is 11.0 Å². The SMILES string of the molecule is CCCCCCCCn1c(C2CC(=O)N(C(C)c3ccccc3)C2)nc2ccccc21. The van der Waals surface area contributed by atoms with Crippen LogP contribution in [0, 0.1) is 0 Å². The molecule has 4 heteroatoms. The fraction of sp³-hybridized carbons (Fsp3) is 0.481. The summed E-state index contributed by atoms with van der Waals surface area (Å²) < 4.78 is 2.39. The topological polar surface area (TPSA) is 38.1 Å². The van der Waals surface area contributed by atoms with Gasteiger partial charge in [-0.1, -0.05) is 81.5 Å². The van der Waals surface area contributed by atoms with Gasteiger partial charge in [0.05, 0.1) is 17.1 Å². The van der Waals surface area contributed by atoms with Gasteiger partial charge >= 0.3 is 0 Å². The lowest BCUT2D eigenvalue weighted by molar-refractivity contribution is -0.129. The van der Waals surface area contributed by atoms with Crippen molar-refractivity contribution >= 4 is 16.9 Å². The van der Waals surface area contributed by atoms with Crippen molar-refractivity contribution in [3.8, 4) is 0 Å². The molecule has 0 radical (unpaired) electrons. The molecule has 1 fully saturated rings. The molecule has 0 bridgehead atoms. The second-order valence-electron chi connectivity index (χ2n) is 8.91. The summed E-state index contributed by atoms with van der Waals surface area (Å²) >= 11 is 0. The van der Waals surface area contributed by atoms with Crippen LogP contribution in [0.15, 0.2) is 54.6 Å². The van der Waals surface area contributed by atoms with E-state index in [1.807, 2.05) is 23.1 Å². The number of imidazole rings is 1. The highest BCUT2D eigenvalue weighted by molar-refractivity contribution is 5.81. The first-order chi connectivity index (χ1) is 15.2. The number of unbranched alkanes of at least 4 members (excludes halogenated alkanes) is 5. The molecule has 0 N–H and O–H groups in total. The van der Waals surface area contributed by atoms with E-state index in [2.05, 4.69) is 54.8 Å². The van der Waals surface area contributed by atoms with Crippen molar-refractivity contribution in [2.24, 2.45) is 0 Å². The number of hydrogen-bond donors (Lipinski definition) is 0. The van der Waals surface area contributed by atoms with Crippen LogP contribution in [0.3, 0.4) is 0 Å². The van der Waals surface area contributed by atoms with Crippen molar-refractivity contribution in [2.45, 2.75) is 77.3 Å². The molecule has 2 heterocycles. The number of nitrogens with zero attached hydrogens (tertiary/aromatic N) is 3. The highest BCUT2D eigenvalue weighted by Gasteiger charge is 2.36. The van der Waals surface area contributed by atoms with Gasteiger partial charge in [-0.25, -0.2) is 4.98 Å². The van der Waals surface area contributed by atoms with Gasteiger partial charge in [-0.3, -0.25) is 4.79 Å². The number of carbonyl (C=O) groups excluding carboxylic acids is 1. The summed E-state index contributed by atoms with van der Waals surface area (Å²) in [7, 11) is 0. The van der Waals surface area contributed by atoms with E-state index in [0.29, 0.717) is 6.42 Å². The number of likely N-dealkylation sites (tertiary alicyclic amines) is 1. The predicted molar refractivity (Wildman–Crippen MR) is 127 cm³/mol. The molecule has 1 aliphatic heterocycles. The third-order valence-electron chi connectivity index (χ3n) is 6.69. The smallest absolute Gasteiger partial charge is 0.223 e. The van der Waals surface area contributed by atoms with Gasteiger partial charge in [0.2, 0.25) is 5.91 Å². The first kappa shape index (κ1) is 21.6. The average molecular weight is 418 g/mol. The summed E-state index contributed by atoms with van der Waals surface area (Å²) in [5, 5.41) is 0. The fourth-order valence-corrected chi connectivity index (χ4v) is 4.88. The number of aryl methyl sites for hydroxylation is 1. The maximum atomic E-state index is 12.9. The fourth-order valence-electron chi connectivity index (χ4n) is 4.88. The molecule has 0 spiro atoms. The molecule has 1 saturated heterocycles. The van der Waals surface area contributed by atoms with Crippen molar-refractivity contribution < 1.29 is 4.79 Å². The van der Waals surface area contributed by atoms with E-state index in [1.54, 1.807) is 0 Å². The van der Waals surface area contributed by atoms with Crippen molar-refractivity contribution in [1.29, 1.82) is 0 Å². The summed E-state index contributed by atoms with van der Waals surface area (Å²) in [5.41, 5.74) is 3.44. The Kier molecular flexibility index (Phi) is 7.06. The molecular weight excluding hydrogens is 382 g/mol. The number of fused-ring (bicyclic) bond motifs is 1. The lowest BCUT2D eigenvalue weighted by atomic mass is 10.1. The number of aromatic nitrogens is 2. The zero-order valence-corrected chi connectivity index (χ0v) is 19.0. The first-order valence-corrected chi connectivity index (χ1v) is 12.0. The normalized spacial score (nSPS) is 17.5. The quantitative estimate of drug-likeness (QED) is 0.354. The Morgan fingerprint density at radius 1 is 0.968 bits per heavy atom. The van der Waals surface area contributed by atoms with Gasteiger partial charge in [0, 0.05) is 25.4 Å². The molecule has 1 aromatic heterocycles. The number of amides is 1. The van der Waals surface area contributed by atoms with Crippen LogP contribution in [0.4, 0.5) is 0 Å². The van der Waals surface area contributed by atoms with E-state index in [-0.39, 0.29) is 17.9 Å². The molecule has 31 heavy (non-hydrogen) atoms. The van der Waals surface area contributed by atoms with Crippen LogP contribution in [0.5, 0.6) is 0 Å². The standard InChI is InChI=1S/C27H35N3O/c1-3-4-5-6-7-13-18-29-25-17-12-11-16-24(25)28-27(29)23-19-26(31)30(20-23)21(2)22-14-9-8-10-15-22/h8-12,14-17,21,23H,3-7,13,18-20H2,1-2H3. The molecule has 2 unspecified atom stereocenters. The molecule has 2 aromatic carbocycles. The molecular formula is C27H35N3O. The van der Waals surface area contributed by atoms with Crippen LogP contribution in [-0.4, -0.2) is 26.9 Å². The van der Waals surface area contributed by atoms with Crippen LogP contribution in [0.1, 0.15) is 82.1 Å². The Morgan fingerprint density at radius 2 is 1.68 bits per heavy atom. The van der Waals surface area contributed by atoms with E-state index in [4.69, 9.17) is 4.98 Å². The van der Waals surface area contributed by atoms with Gasteiger partial charge in [-0.15, -0.1) is 0 Å². The molecule has 1 aliphatic rings. The van der Waals surface area contributed by atoms with E-state index < -0.39 is 0 Å². The Morgan fingerprint density at radius 3 is 2.48 bits per heavy atom. The summed E-state index contributed by atoms with van der Waals surface area (Å²) in [6.07, 6.45) is 8.23. The molecule has 2 atom stereocenters. The van der Waals surface area contributed by atoms with Crippen LogP contribution in [0.2, 0.25) is 0 Å². The van der Waals surface area contributed by atoms with E-state index in [9.17, 15) is 4.79 Å². The Hall–Kier alpha value is -2.62. The Bertz CT molecular complexity index is 994. The predicted octanol–water partition coefficient (Wildman–Crippen LogP) is 6.47. The second kappa shape index (κ2) is 10.1. The maximum absolute atomic E-state index is 12.9. The van der Waals surface area contributed by atoms with E-state index in [0.717, 1.165) is 24.4 Å². The summed E-state index contributed by atoms with van der Waals surface area (Å²) in [6, 6.07) is 18.8. The van der Waals surface area contributed by atoms with Crippen molar-refractivity contribution in [1.82, 2.24) is 14.5 Å². The minimum atomic E-state index is 0.0927. The number of carbonyl (C=O) groups is 1. The zero-order valence-electron chi connectivity index (χ0n) is 19.0. The average Bonchev–Trinajstić information content (AvgIpc) is 3.37. The largest absolute Gasteiger partial charge is 0.335 e. The van der Waals surface area contributed by atoms with Gasteiger partial charge in [0.1, 0.15) is 5.82 Å². The molecule has 0 aliphatic carbocycles. The van der Waals surface area contributed by atoms with Crippen LogP contribution in [-0.2, 0) is 11.3 Å². The van der Waals surface area contributed by atoms with Gasteiger partial charge in [-0.2, -0.15) is 0 Å². The molecule has 0 saturated carbocycles. The van der Waals surface area contributed by atoms with Gasteiger partial charge < -0.3 is 9.47 Å². The van der Waals surface area contributed by atoms with Crippen LogP contribution < -0.4 is 0 Å². The third-order valence-corrected chi connectivity index (χ3v) is 6.69.